The average molecular weight is 310 g/mol. The molecule has 0 radical (unpaired) electrons. The number of hydrogen-bond donors (Lipinski definition) is 1. The third kappa shape index (κ3) is 3.58. The van der Waals surface area contributed by atoms with Crippen LogP contribution in [0.2, 0.25) is 0 Å². The predicted octanol–water partition coefficient (Wildman–Crippen LogP) is 2.25. The number of carbonyl (C=O) groups excluding carboxylic acids is 2. The van der Waals surface area contributed by atoms with Crippen LogP contribution in [0.25, 0.3) is 0 Å². The fraction of sp³-hybridized carbons (Fsp3) is 0.714. The van der Waals surface area contributed by atoms with Crippen molar-refractivity contribution in [3.05, 3.63) is 5.01 Å². The lowest BCUT2D eigenvalue weighted by Gasteiger charge is -2.31. The van der Waals surface area contributed by atoms with Gasteiger partial charge in [0, 0.05) is 24.4 Å². The lowest BCUT2D eigenvalue weighted by atomic mass is 10.1. The van der Waals surface area contributed by atoms with Crippen molar-refractivity contribution in [2.75, 3.05) is 11.9 Å². The maximum absolute atomic E-state index is 12.3. The highest BCUT2D eigenvalue weighted by molar-refractivity contribution is 7.15. The second kappa shape index (κ2) is 5.71. The van der Waals surface area contributed by atoms with Gasteiger partial charge in [0.25, 0.3) is 0 Å². The van der Waals surface area contributed by atoms with Gasteiger partial charge in [-0.25, -0.2) is 0 Å². The van der Waals surface area contributed by atoms with E-state index in [1.54, 1.807) is 4.90 Å². The van der Waals surface area contributed by atoms with E-state index in [2.05, 4.69) is 15.5 Å². The largest absolute Gasteiger partial charge is 0.337 e. The maximum Gasteiger partial charge on any atom is 0.231 e. The van der Waals surface area contributed by atoms with Crippen LogP contribution in [0.4, 0.5) is 5.13 Å². The minimum atomic E-state index is -0.317. The van der Waals surface area contributed by atoms with E-state index in [-0.39, 0.29) is 35.6 Å². The molecule has 1 N–H and O–H groups in total. The smallest absolute Gasteiger partial charge is 0.231 e. The van der Waals surface area contributed by atoms with Crippen molar-refractivity contribution in [3.8, 4) is 0 Å². The fourth-order valence-corrected chi connectivity index (χ4v) is 3.01. The van der Waals surface area contributed by atoms with E-state index in [4.69, 9.17) is 0 Å². The van der Waals surface area contributed by atoms with Gasteiger partial charge in [-0.15, -0.1) is 10.2 Å². The summed E-state index contributed by atoms with van der Waals surface area (Å²) >= 11 is 1.38. The Morgan fingerprint density at radius 3 is 2.52 bits per heavy atom. The molecule has 6 nitrogen and oxygen atoms in total. The lowest BCUT2D eigenvalue weighted by molar-refractivity contribution is -0.131. The molecular formula is C14H22N4O2S. The predicted molar refractivity (Wildman–Crippen MR) is 82.2 cm³/mol. The van der Waals surface area contributed by atoms with Crippen LogP contribution in [0.1, 0.15) is 52.0 Å². The molecule has 21 heavy (non-hydrogen) atoms. The number of anilines is 1. The first-order chi connectivity index (χ1) is 9.68. The van der Waals surface area contributed by atoms with Crippen molar-refractivity contribution >= 4 is 28.3 Å². The van der Waals surface area contributed by atoms with E-state index in [0.29, 0.717) is 11.7 Å². The first-order valence-corrected chi connectivity index (χ1v) is 7.95. The summed E-state index contributed by atoms with van der Waals surface area (Å²) < 4.78 is 0. The summed E-state index contributed by atoms with van der Waals surface area (Å²) in [5.74, 6) is -0.148. The summed E-state index contributed by atoms with van der Waals surface area (Å²) in [4.78, 5) is 26.0. The summed E-state index contributed by atoms with van der Waals surface area (Å²) in [5.41, 5.74) is -0.250. The molecule has 1 saturated heterocycles. The first kappa shape index (κ1) is 15.9. The van der Waals surface area contributed by atoms with Gasteiger partial charge < -0.3 is 10.2 Å². The molecule has 1 aromatic heterocycles. The average Bonchev–Trinajstić information content (AvgIpc) is 2.94. The zero-order valence-corrected chi connectivity index (χ0v) is 14.0. The van der Waals surface area contributed by atoms with Gasteiger partial charge in [-0.3, -0.25) is 9.59 Å². The van der Waals surface area contributed by atoms with Crippen LogP contribution in [0, 0.1) is 5.92 Å². The van der Waals surface area contributed by atoms with Gasteiger partial charge in [0.2, 0.25) is 16.9 Å². The molecule has 2 heterocycles. The Balaban J connectivity index is 2.00. The summed E-state index contributed by atoms with van der Waals surface area (Å²) in [7, 11) is 0. The second-order valence-electron chi connectivity index (χ2n) is 6.67. The SMILES string of the molecule is CC(C)c1nnc(NC(=O)[C@H]2CC(=O)N(C(C)(C)C)C2)s1. The molecule has 7 heteroatoms. The highest BCUT2D eigenvalue weighted by Gasteiger charge is 2.39. The third-order valence-corrected chi connectivity index (χ3v) is 4.61. The number of aromatic nitrogens is 2. The highest BCUT2D eigenvalue weighted by atomic mass is 32.1. The summed E-state index contributed by atoms with van der Waals surface area (Å²) in [6, 6.07) is 0. The molecule has 1 fully saturated rings. The Hall–Kier alpha value is -1.50. The molecule has 0 unspecified atom stereocenters. The number of nitrogens with one attached hydrogen (secondary N) is 1. The van der Waals surface area contributed by atoms with Crippen LogP contribution in [0.3, 0.4) is 0 Å². The van der Waals surface area contributed by atoms with Crippen molar-refractivity contribution in [2.45, 2.75) is 52.5 Å². The zero-order chi connectivity index (χ0) is 15.8. The summed E-state index contributed by atoms with van der Waals surface area (Å²) in [5, 5.41) is 12.2. The second-order valence-corrected chi connectivity index (χ2v) is 7.67. The molecule has 1 aromatic rings. The minimum Gasteiger partial charge on any atom is -0.337 e. The molecule has 0 saturated carbocycles. The number of likely N-dealkylation sites (tertiary alicyclic amines) is 1. The van der Waals surface area contributed by atoms with Crippen LogP contribution < -0.4 is 5.32 Å². The molecule has 0 aromatic carbocycles. The van der Waals surface area contributed by atoms with Gasteiger partial charge >= 0.3 is 0 Å². The molecular weight excluding hydrogens is 288 g/mol. The Morgan fingerprint density at radius 1 is 1.38 bits per heavy atom. The molecule has 2 rings (SSSR count). The van der Waals surface area contributed by atoms with Crippen LogP contribution in [-0.2, 0) is 9.59 Å². The maximum atomic E-state index is 12.3. The Kier molecular flexibility index (Phi) is 4.32. The lowest BCUT2D eigenvalue weighted by Crippen LogP contribution is -2.42. The first-order valence-electron chi connectivity index (χ1n) is 7.13. The number of rotatable bonds is 3. The standard InChI is InChI=1S/C14H22N4O2S/c1-8(2)12-16-17-13(21-12)15-11(20)9-6-10(19)18(7-9)14(3,4)5/h8-9H,6-7H2,1-5H3,(H,15,17,20)/t9-/m0/s1. The van der Waals surface area contributed by atoms with E-state index >= 15 is 0 Å². The van der Waals surface area contributed by atoms with E-state index in [0.717, 1.165) is 5.01 Å². The van der Waals surface area contributed by atoms with Crippen molar-refractivity contribution in [1.82, 2.24) is 15.1 Å². The Labute approximate surface area is 128 Å². The van der Waals surface area contributed by atoms with E-state index in [9.17, 15) is 9.59 Å². The van der Waals surface area contributed by atoms with E-state index in [1.807, 2.05) is 34.6 Å². The molecule has 116 valence electrons. The van der Waals surface area contributed by atoms with Crippen molar-refractivity contribution in [3.63, 3.8) is 0 Å². The monoisotopic (exact) mass is 310 g/mol. The topological polar surface area (TPSA) is 75.2 Å². The third-order valence-electron chi connectivity index (χ3n) is 3.47. The van der Waals surface area contributed by atoms with Gasteiger partial charge in [-0.05, 0) is 20.8 Å². The Morgan fingerprint density at radius 2 is 2.05 bits per heavy atom. The summed E-state index contributed by atoms with van der Waals surface area (Å²) in [6.07, 6.45) is 0.263. The van der Waals surface area contributed by atoms with Gasteiger partial charge in [0.05, 0.1) is 5.92 Å². The Bertz CT molecular complexity index is 547. The molecule has 2 amide bonds. The van der Waals surface area contributed by atoms with Crippen LogP contribution in [0.5, 0.6) is 0 Å². The van der Waals surface area contributed by atoms with Gasteiger partial charge in [-0.1, -0.05) is 25.2 Å². The minimum absolute atomic E-state index is 0.0304. The number of carbonyl (C=O) groups is 2. The van der Waals surface area contributed by atoms with Gasteiger partial charge in [0.15, 0.2) is 0 Å². The van der Waals surface area contributed by atoms with Crippen LogP contribution in [0.15, 0.2) is 0 Å². The molecule has 0 bridgehead atoms. The molecule has 0 aliphatic carbocycles. The number of hydrogen-bond acceptors (Lipinski definition) is 5. The number of nitrogens with zero attached hydrogens (tertiary/aromatic N) is 3. The zero-order valence-electron chi connectivity index (χ0n) is 13.1. The van der Waals surface area contributed by atoms with E-state index < -0.39 is 0 Å². The highest BCUT2D eigenvalue weighted by Crippen LogP contribution is 2.28. The van der Waals surface area contributed by atoms with Crippen molar-refractivity contribution in [1.29, 1.82) is 0 Å². The van der Waals surface area contributed by atoms with Crippen LogP contribution in [-0.4, -0.2) is 39.0 Å². The fourth-order valence-electron chi connectivity index (χ4n) is 2.26. The van der Waals surface area contributed by atoms with Gasteiger partial charge in [0.1, 0.15) is 5.01 Å². The van der Waals surface area contributed by atoms with Crippen molar-refractivity contribution < 1.29 is 9.59 Å². The quantitative estimate of drug-likeness (QED) is 0.929. The molecule has 1 atom stereocenters. The van der Waals surface area contributed by atoms with E-state index in [1.165, 1.54) is 11.3 Å². The van der Waals surface area contributed by atoms with Crippen LogP contribution >= 0.6 is 11.3 Å². The number of amides is 2. The molecule has 0 spiro atoms. The van der Waals surface area contributed by atoms with Gasteiger partial charge in [-0.2, -0.15) is 0 Å². The summed E-state index contributed by atoms with van der Waals surface area (Å²) in [6.45, 7) is 10.5. The molecule has 1 aliphatic rings. The van der Waals surface area contributed by atoms with Crippen molar-refractivity contribution in [2.24, 2.45) is 5.92 Å². The molecule has 1 aliphatic heterocycles. The normalized spacial score (nSPS) is 19.4.